The van der Waals surface area contributed by atoms with E-state index in [1.54, 1.807) is 7.11 Å². The van der Waals surface area contributed by atoms with E-state index in [9.17, 15) is 0 Å². The first-order valence-corrected chi connectivity index (χ1v) is 7.45. The minimum absolute atomic E-state index is 0.510. The molecule has 1 aliphatic rings. The molecule has 0 aliphatic carbocycles. The SMILES string of the molecule is COCCCNC1CSCCc2ccccc21. The molecule has 1 aromatic rings. The predicted molar refractivity (Wildman–Crippen MR) is 74.7 cm³/mol. The molecule has 0 amide bonds. The van der Waals surface area contributed by atoms with Crippen LogP contribution in [-0.4, -0.2) is 31.8 Å². The molecule has 17 heavy (non-hydrogen) atoms. The second-order valence-corrected chi connectivity index (χ2v) is 5.53. The van der Waals surface area contributed by atoms with E-state index in [1.165, 1.54) is 29.1 Å². The van der Waals surface area contributed by atoms with E-state index in [1.807, 2.05) is 0 Å². The number of rotatable bonds is 5. The Morgan fingerprint density at radius 3 is 3.18 bits per heavy atom. The minimum Gasteiger partial charge on any atom is -0.385 e. The summed E-state index contributed by atoms with van der Waals surface area (Å²) in [7, 11) is 1.76. The lowest BCUT2D eigenvalue weighted by Gasteiger charge is -2.18. The maximum absolute atomic E-state index is 5.08. The average Bonchev–Trinajstić information content (AvgIpc) is 2.57. The Balaban J connectivity index is 1.97. The van der Waals surface area contributed by atoms with Crippen LogP contribution in [0.25, 0.3) is 0 Å². The number of fused-ring (bicyclic) bond motifs is 1. The van der Waals surface area contributed by atoms with E-state index in [-0.39, 0.29) is 0 Å². The summed E-state index contributed by atoms with van der Waals surface area (Å²) in [4.78, 5) is 0. The van der Waals surface area contributed by atoms with Crippen molar-refractivity contribution in [2.45, 2.75) is 18.9 Å². The molecule has 1 atom stereocenters. The van der Waals surface area contributed by atoms with Crippen LogP contribution in [0.2, 0.25) is 0 Å². The smallest absolute Gasteiger partial charge is 0.0474 e. The third kappa shape index (κ3) is 3.73. The molecule has 0 aromatic heterocycles. The first-order valence-electron chi connectivity index (χ1n) is 6.29. The summed E-state index contributed by atoms with van der Waals surface area (Å²) in [5, 5.41) is 3.65. The molecule has 0 saturated carbocycles. The van der Waals surface area contributed by atoms with Crippen molar-refractivity contribution in [1.29, 1.82) is 0 Å². The quantitative estimate of drug-likeness (QED) is 0.813. The van der Waals surface area contributed by atoms with Gasteiger partial charge in [-0.25, -0.2) is 0 Å². The highest BCUT2D eigenvalue weighted by atomic mass is 32.2. The molecular weight excluding hydrogens is 230 g/mol. The molecule has 2 nitrogen and oxygen atoms in total. The number of aryl methyl sites for hydroxylation is 1. The second kappa shape index (κ2) is 7.04. The van der Waals surface area contributed by atoms with Gasteiger partial charge in [0.1, 0.15) is 0 Å². The zero-order valence-corrected chi connectivity index (χ0v) is 11.3. The van der Waals surface area contributed by atoms with Gasteiger partial charge in [-0.2, -0.15) is 11.8 Å². The Hall–Kier alpha value is -0.510. The van der Waals surface area contributed by atoms with Crippen molar-refractivity contribution in [2.75, 3.05) is 31.8 Å². The number of methoxy groups -OCH3 is 1. The van der Waals surface area contributed by atoms with Gasteiger partial charge in [0.05, 0.1) is 0 Å². The fourth-order valence-corrected chi connectivity index (χ4v) is 3.30. The van der Waals surface area contributed by atoms with Crippen molar-refractivity contribution < 1.29 is 4.74 Å². The lowest BCUT2D eigenvalue weighted by atomic mass is 10.00. The van der Waals surface area contributed by atoms with Gasteiger partial charge >= 0.3 is 0 Å². The highest BCUT2D eigenvalue weighted by Gasteiger charge is 2.17. The fraction of sp³-hybridized carbons (Fsp3) is 0.571. The Morgan fingerprint density at radius 2 is 2.29 bits per heavy atom. The summed E-state index contributed by atoms with van der Waals surface area (Å²) < 4.78 is 5.08. The van der Waals surface area contributed by atoms with Crippen molar-refractivity contribution >= 4 is 11.8 Å². The predicted octanol–water partition coefficient (Wildman–Crippen LogP) is 2.64. The van der Waals surface area contributed by atoms with E-state index < -0.39 is 0 Å². The van der Waals surface area contributed by atoms with Crippen LogP contribution in [0.5, 0.6) is 0 Å². The summed E-state index contributed by atoms with van der Waals surface area (Å²) in [5.74, 6) is 2.43. The minimum atomic E-state index is 0.510. The van der Waals surface area contributed by atoms with Gasteiger partial charge < -0.3 is 10.1 Å². The summed E-state index contributed by atoms with van der Waals surface area (Å²) in [6, 6.07) is 9.35. The van der Waals surface area contributed by atoms with Crippen molar-refractivity contribution in [3.05, 3.63) is 35.4 Å². The topological polar surface area (TPSA) is 21.3 Å². The molecule has 0 saturated heterocycles. The zero-order valence-electron chi connectivity index (χ0n) is 10.4. The van der Waals surface area contributed by atoms with Crippen molar-refractivity contribution in [3.63, 3.8) is 0 Å². The molecule has 1 unspecified atom stereocenters. The second-order valence-electron chi connectivity index (χ2n) is 4.38. The molecule has 0 fully saturated rings. The van der Waals surface area contributed by atoms with E-state index >= 15 is 0 Å². The molecule has 3 heteroatoms. The molecule has 1 N–H and O–H groups in total. The van der Waals surface area contributed by atoms with E-state index in [4.69, 9.17) is 4.74 Å². The molecule has 0 bridgehead atoms. The van der Waals surface area contributed by atoms with Crippen LogP contribution in [0.3, 0.4) is 0 Å². The van der Waals surface area contributed by atoms with Gasteiger partial charge in [0, 0.05) is 25.5 Å². The summed E-state index contributed by atoms with van der Waals surface area (Å²) in [5.41, 5.74) is 3.01. The van der Waals surface area contributed by atoms with Crippen LogP contribution in [0.1, 0.15) is 23.6 Å². The third-order valence-electron chi connectivity index (χ3n) is 3.15. The lowest BCUT2D eigenvalue weighted by molar-refractivity contribution is 0.193. The van der Waals surface area contributed by atoms with Crippen LogP contribution in [0, 0.1) is 0 Å². The molecular formula is C14H21NOS. The van der Waals surface area contributed by atoms with Crippen molar-refractivity contribution in [2.24, 2.45) is 0 Å². The number of ether oxygens (including phenoxy) is 1. The van der Waals surface area contributed by atoms with Crippen LogP contribution >= 0.6 is 11.8 Å². The zero-order chi connectivity index (χ0) is 11.9. The van der Waals surface area contributed by atoms with E-state index in [2.05, 4.69) is 41.3 Å². The Morgan fingerprint density at radius 1 is 1.41 bits per heavy atom. The highest BCUT2D eigenvalue weighted by molar-refractivity contribution is 7.99. The van der Waals surface area contributed by atoms with E-state index in [0.717, 1.165) is 19.6 Å². The number of hydrogen-bond acceptors (Lipinski definition) is 3. The summed E-state index contributed by atoms with van der Waals surface area (Å²) >= 11 is 2.05. The van der Waals surface area contributed by atoms with Crippen molar-refractivity contribution in [1.82, 2.24) is 5.32 Å². The number of nitrogens with one attached hydrogen (secondary N) is 1. The van der Waals surface area contributed by atoms with Gasteiger partial charge in [-0.15, -0.1) is 0 Å². The van der Waals surface area contributed by atoms with E-state index in [0.29, 0.717) is 6.04 Å². The van der Waals surface area contributed by atoms with Crippen LogP contribution in [-0.2, 0) is 11.2 Å². The fourth-order valence-electron chi connectivity index (χ4n) is 2.24. The van der Waals surface area contributed by atoms with Gasteiger partial charge in [0.15, 0.2) is 0 Å². The number of hydrogen-bond donors (Lipinski definition) is 1. The molecule has 94 valence electrons. The standard InChI is InChI=1S/C14H21NOS/c1-16-9-4-8-15-14-11-17-10-7-12-5-2-3-6-13(12)14/h2-3,5-6,14-15H,4,7-11H2,1H3. The largest absolute Gasteiger partial charge is 0.385 e. The van der Waals surface area contributed by atoms with Crippen LogP contribution < -0.4 is 5.32 Å². The molecule has 0 spiro atoms. The Bertz CT molecular complexity index is 343. The summed E-state index contributed by atoms with van der Waals surface area (Å²) in [6.45, 7) is 1.88. The van der Waals surface area contributed by atoms with Crippen LogP contribution in [0.4, 0.5) is 0 Å². The lowest BCUT2D eigenvalue weighted by Crippen LogP contribution is -2.25. The Kier molecular flexibility index (Phi) is 5.36. The highest BCUT2D eigenvalue weighted by Crippen LogP contribution is 2.27. The monoisotopic (exact) mass is 251 g/mol. The number of thioether (sulfide) groups is 1. The van der Waals surface area contributed by atoms with Gasteiger partial charge in [-0.3, -0.25) is 0 Å². The molecule has 2 rings (SSSR count). The molecule has 1 aliphatic heterocycles. The first kappa shape index (κ1) is 12.9. The Labute approximate surface area is 108 Å². The van der Waals surface area contributed by atoms with Gasteiger partial charge in [0.25, 0.3) is 0 Å². The first-order chi connectivity index (χ1) is 8.42. The van der Waals surface area contributed by atoms with Gasteiger partial charge in [-0.05, 0) is 36.3 Å². The third-order valence-corrected chi connectivity index (χ3v) is 4.21. The summed E-state index contributed by atoms with van der Waals surface area (Å²) in [6.07, 6.45) is 2.29. The van der Waals surface area contributed by atoms with Crippen molar-refractivity contribution in [3.8, 4) is 0 Å². The molecule has 1 aromatic carbocycles. The van der Waals surface area contributed by atoms with Crippen LogP contribution in [0.15, 0.2) is 24.3 Å². The maximum Gasteiger partial charge on any atom is 0.0474 e. The molecule has 1 heterocycles. The average molecular weight is 251 g/mol. The van der Waals surface area contributed by atoms with Gasteiger partial charge in [0.2, 0.25) is 0 Å². The maximum atomic E-state index is 5.08. The normalized spacial score (nSPS) is 19.7. The number of benzene rings is 1. The van der Waals surface area contributed by atoms with Gasteiger partial charge in [-0.1, -0.05) is 24.3 Å². The molecule has 0 radical (unpaired) electrons.